The van der Waals surface area contributed by atoms with Crippen molar-refractivity contribution < 1.29 is 37.1 Å². The largest absolute Gasteiger partial charge is 0.490 e. The van der Waals surface area contributed by atoms with Crippen LogP contribution in [-0.2, 0) is 16.0 Å². The van der Waals surface area contributed by atoms with E-state index < -0.39 is 18.0 Å². The predicted molar refractivity (Wildman–Crippen MR) is 116 cm³/mol. The van der Waals surface area contributed by atoms with Gasteiger partial charge in [-0.15, -0.1) is 10.2 Å². The van der Waals surface area contributed by atoms with Crippen LogP contribution in [0.2, 0.25) is 0 Å². The number of nitrogens with one attached hydrogen (secondary N) is 2. The lowest BCUT2D eigenvalue weighted by Gasteiger charge is -2.38. The number of hydrogen-bond donors (Lipinski definition) is 3. The Bertz CT molecular complexity index is 1140. The molecule has 2 aromatic rings. The monoisotopic (exact) mass is 497 g/mol. The molecule has 2 aliphatic rings. The smallest absolute Gasteiger partial charge is 0.475 e. The molecule has 2 amide bonds. The van der Waals surface area contributed by atoms with Crippen molar-refractivity contribution in [3.63, 3.8) is 0 Å². The fraction of sp³-hybridized carbons (Fsp3) is 0.409. The van der Waals surface area contributed by atoms with Gasteiger partial charge in [-0.1, -0.05) is 0 Å². The van der Waals surface area contributed by atoms with Crippen molar-refractivity contribution in [2.45, 2.75) is 38.4 Å². The molecule has 188 valence electrons. The molecule has 1 fully saturated rings. The summed E-state index contributed by atoms with van der Waals surface area (Å²) in [5, 5.41) is 21.3. The second kappa shape index (κ2) is 9.94. The number of aliphatic carboxylic acids is 1. The van der Waals surface area contributed by atoms with E-state index in [0.29, 0.717) is 42.9 Å². The molecule has 1 aromatic carbocycles. The summed E-state index contributed by atoms with van der Waals surface area (Å²) in [6.45, 7) is 6.00. The highest BCUT2D eigenvalue weighted by Gasteiger charge is 2.38. The van der Waals surface area contributed by atoms with Crippen molar-refractivity contribution in [3.05, 3.63) is 41.3 Å². The van der Waals surface area contributed by atoms with Crippen LogP contribution in [0.25, 0.3) is 11.3 Å². The van der Waals surface area contributed by atoms with Crippen molar-refractivity contribution in [2.75, 3.05) is 25.0 Å². The van der Waals surface area contributed by atoms with Gasteiger partial charge in [-0.25, -0.2) is 9.18 Å². The van der Waals surface area contributed by atoms with Crippen molar-refractivity contribution in [2.24, 2.45) is 0 Å². The first-order valence-electron chi connectivity index (χ1n) is 10.6. The first kappa shape index (κ1) is 26.0. The molecule has 0 unspecified atom stereocenters. The lowest BCUT2D eigenvalue weighted by atomic mass is 9.98. The summed E-state index contributed by atoms with van der Waals surface area (Å²) in [7, 11) is 0. The number of benzene rings is 1. The number of amides is 2. The lowest BCUT2D eigenvalue weighted by molar-refractivity contribution is -0.192. The minimum atomic E-state index is -5.08. The van der Waals surface area contributed by atoms with Gasteiger partial charge in [0, 0.05) is 42.8 Å². The zero-order chi connectivity index (χ0) is 26.0. The Kier molecular flexibility index (Phi) is 7.38. The van der Waals surface area contributed by atoms with Gasteiger partial charge in [-0.3, -0.25) is 9.59 Å². The number of halogens is 4. The van der Waals surface area contributed by atoms with Gasteiger partial charge in [0.15, 0.2) is 5.69 Å². The van der Waals surface area contributed by atoms with E-state index in [1.807, 2.05) is 13.8 Å². The summed E-state index contributed by atoms with van der Waals surface area (Å²) < 4.78 is 46.3. The number of rotatable bonds is 2. The Balaban J connectivity index is 0.000000429. The Morgan fingerprint density at radius 3 is 2.40 bits per heavy atom. The number of carboxylic acids is 1. The highest BCUT2D eigenvalue weighted by atomic mass is 19.4. The Hall–Kier alpha value is -3.61. The molecule has 3 heterocycles. The highest BCUT2D eigenvalue weighted by Crippen LogP contribution is 2.30. The average molecular weight is 497 g/mol. The fourth-order valence-electron chi connectivity index (χ4n) is 3.67. The average Bonchev–Trinajstić information content (AvgIpc) is 2.77. The third kappa shape index (κ3) is 6.50. The second-order valence-electron chi connectivity index (χ2n) is 8.68. The zero-order valence-electron chi connectivity index (χ0n) is 18.9. The van der Waals surface area contributed by atoms with E-state index in [-0.39, 0.29) is 23.0 Å². The molecule has 9 nitrogen and oxygen atoms in total. The summed E-state index contributed by atoms with van der Waals surface area (Å²) >= 11 is 0. The van der Waals surface area contributed by atoms with E-state index in [0.717, 1.165) is 12.1 Å². The molecular formula is C22H23F4N5O4. The van der Waals surface area contributed by atoms with Crippen molar-refractivity contribution in [1.82, 2.24) is 20.4 Å². The highest BCUT2D eigenvalue weighted by molar-refractivity contribution is 5.94. The minimum Gasteiger partial charge on any atom is -0.475 e. The Morgan fingerprint density at radius 1 is 1.14 bits per heavy atom. The number of fused-ring (bicyclic) bond motifs is 1. The van der Waals surface area contributed by atoms with Crippen molar-refractivity contribution in [3.8, 4) is 11.3 Å². The molecular weight excluding hydrogens is 474 g/mol. The Morgan fingerprint density at radius 2 is 1.83 bits per heavy atom. The maximum absolute atomic E-state index is 14.5. The number of carboxylic acid groups (broad SMARTS) is 1. The normalized spacial score (nSPS) is 17.0. The van der Waals surface area contributed by atoms with Crippen LogP contribution in [0.4, 0.5) is 23.2 Å². The molecule has 13 heteroatoms. The summed E-state index contributed by atoms with van der Waals surface area (Å²) in [4.78, 5) is 34.8. The molecule has 0 radical (unpaired) electrons. The van der Waals surface area contributed by atoms with Crippen molar-refractivity contribution >= 4 is 23.5 Å². The van der Waals surface area contributed by atoms with Gasteiger partial charge < -0.3 is 20.6 Å². The number of piperazine rings is 1. The van der Waals surface area contributed by atoms with E-state index >= 15 is 0 Å². The molecule has 1 saturated heterocycles. The van der Waals surface area contributed by atoms with Gasteiger partial charge in [-0.2, -0.15) is 13.2 Å². The fourth-order valence-corrected chi connectivity index (χ4v) is 3.67. The molecule has 0 spiro atoms. The number of alkyl halides is 3. The van der Waals surface area contributed by atoms with Crippen LogP contribution < -0.4 is 10.6 Å². The first-order chi connectivity index (χ1) is 16.3. The second-order valence-corrected chi connectivity index (χ2v) is 8.68. The molecule has 2 aliphatic heterocycles. The summed E-state index contributed by atoms with van der Waals surface area (Å²) in [5.74, 6) is -3.54. The molecule has 1 aromatic heterocycles. The number of hydrogen-bond acceptors (Lipinski definition) is 6. The van der Waals surface area contributed by atoms with Crippen LogP contribution in [-0.4, -0.2) is 69.3 Å². The van der Waals surface area contributed by atoms with Crippen LogP contribution in [0.3, 0.4) is 0 Å². The number of aromatic nitrogens is 2. The van der Waals surface area contributed by atoms with Crippen molar-refractivity contribution in [1.29, 1.82) is 0 Å². The molecule has 0 atom stereocenters. The van der Waals surface area contributed by atoms with E-state index in [1.54, 1.807) is 23.1 Å². The first-order valence-corrected chi connectivity index (χ1v) is 10.6. The van der Waals surface area contributed by atoms with Gasteiger partial charge in [0.2, 0.25) is 5.91 Å². The Labute approximate surface area is 197 Å². The third-order valence-electron chi connectivity index (χ3n) is 5.35. The van der Waals surface area contributed by atoms with Gasteiger partial charge in [0.1, 0.15) is 5.82 Å². The van der Waals surface area contributed by atoms with Crippen LogP contribution >= 0.6 is 0 Å². The van der Waals surface area contributed by atoms with E-state index in [9.17, 15) is 27.2 Å². The quantitative estimate of drug-likeness (QED) is 0.545. The molecule has 0 bridgehead atoms. The van der Waals surface area contributed by atoms with E-state index in [1.165, 1.54) is 6.07 Å². The third-order valence-corrected chi connectivity index (χ3v) is 5.35. The summed E-state index contributed by atoms with van der Waals surface area (Å²) in [6.07, 6.45) is -4.16. The SMILES string of the molecule is CC1(C)CN(C(=O)c2ccc(-c3cc4c(cc3F)NC(=O)CC4)nn2)CCN1.O=C(O)C(F)(F)F. The van der Waals surface area contributed by atoms with Gasteiger partial charge in [-0.05, 0) is 50.1 Å². The minimum absolute atomic E-state index is 0.113. The zero-order valence-corrected chi connectivity index (χ0v) is 18.9. The summed E-state index contributed by atoms with van der Waals surface area (Å²) in [5.41, 5.74) is 2.12. The molecule has 3 N–H and O–H groups in total. The van der Waals surface area contributed by atoms with Gasteiger partial charge in [0.05, 0.1) is 5.69 Å². The van der Waals surface area contributed by atoms with Gasteiger partial charge in [0.25, 0.3) is 5.91 Å². The van der Waals surface area contributed by atoms with Crippen LogP contribution in [0, 0.1) is 5.82 Å². The summed E-state index contributed by atoms with van der Waals surface area (Å²) in [6, 6.07) is 6.19. The van der Waals surface area contributed by atoms with E-state index in [4.69, 9.17) is 9.90 Å². The lowest BCUT2D eigenvalue weighted by Crippen LogP contribution is -2.58. The predicted octanol–water partition coefficient (Wildman–Crippen LogP) is 2.62. The number of aryl methyl sites for hydroxylation is 1. The topological polar surface area (TPSA) is 125 Å². The maximum Gasteiger partial charge on any atom is 0.490 e. The molecule has 4 rings (SSSR count). The number of carbonyl (C=O) groups is 3. The number of anilines is 1. The molecule has 0 saturated carbocycles. The van der Waals surface area contributed by atoms with Crippen LogP contribution in [0.1, 0.15) is 36.3 Å². The van der Waals surface area contributed by atoms with Crippen LogP contribution in [0.15, 0.2) is 24.3 Å². The van der Waals surface area contributed by atoms with E-state index in [2.05, 4.69) is 20.8 Å². The number of carbonyl (C=O) groups excluding carboxylic acids is 2. The number of nitrogens with zero attached hydrogens (tertiary/aromatic N) is 3. The standard InChI is InChI=1S/C20H22FN5O2.C2HF3O2/c1-20(2)11-26(8-7-22-20)19(28)16-5-4-15(24-25-16)13-9-12-3-6-18(27)23-17(12)10-14(13)21;3-2(4,5)1(6)7/h4-5,9-10,22H,3,6-8,11H2,1-2H3,(H,23,27);(H,6,7). The van der Waals surface area contributed by atoms with Crippen LogP contribution in [0.5, 0.6) is 0 Å². The molecule has 35 heavy (non-hydrogen) atoms. The van der Waals surface area contributed by atoms with Gasteiger partial charge >= 0.3 is 12.1 Å². The molecule has 0 aliphatic carbocycles. The maximum atomic E-state index is 14.5.